The van der Waals surface area contributed by atoms with E-state index in [-0.39, 0.29) is 18.3 Å². The Bertz CT molecular complexity index is 700. The van der Waals surface area contributed by atoms with E-state index in [1.165, 1.54) is 12.1 Å². The van der Waals surface area contributed by atoms with Gasteiger partial charge in [0, 0.05) is 36.9 Å². The Hall–Kier alpha value is -2.27. The van der Waals surface area contributed by atoms with Crippen LogP contribution in [0.2, 0.25) is 5.02 Å². The number of rotatable bonds is 4. The highest BCUT2D eigenvalue weighted by atomic mass is 35.5. The quantitative estimate of drug-likeness (QED) is 0.850. The van der Waals surface area contributed by atoms with Crippen LogP contribution in [0, 0.1) is 5.82 Å². The van der Waals surface area contributed by atoms with Gasteiger partial charge in [-0.05, 0) is 42.5 Å². The summed E-state index contributed by atoms with van der Waals surface area (Å²) in [5.41, 5.74) is 0.847. The second kappa shape index (κ2) is 7.53. The molecule has 0 aromatic heterocycles. The molecule has 1 saturated heterocycles. The number of ether oxygens (including phenoxy) is 1. The molecule has 1 heterocycles. The molecule has 2 aromatic carbocycles. The summed E-state index contributed by atoms with van der Waals surface area (Å²) in [4.78, 5) is 16.1. The molecular formula is C18H18ClFN2O2. The highest BCUT2D eigenvalue weighted by Gasteiger charge is 2.21. The first-order valence-corrected chi connectivity index (χ1v) is 8.16. The molecule has 1 aliphatic rings. The predicted octanol–water partition coefficient (Wildman–Crippen LogP) is 3.21. The summed E-state index contributed by atoms with van der Waals surface area (Å²) in [5.74, 6) is 0.317. The predicted molar refractivity (Wildman–Crippen MR) is 92.1 cm³/mol. The van der Waals surface area contributed by atoms with Crippen LogP contribution in [0.1, 0.15) is 0 Å². The van der Waals surface area contributed by atoms with Gasteiger partial charge in [0.2, 0.25) is 0 Å². The van der Waals surface area contributed by atoms with Gasteiger partial charge in [-0.1, -0.05) is 17.7 Å². The molecule has 6 heteroatoms. The Morgan fingerprint density at radius 2 is 1.79 bits per heavy atom. The number of anilines is 1. The fourth-order valence-electron chi connectivity index (χ4n) is 2.65. The van der Waals surface area contributed by atoms with Crippen LogP contribution in [0.15, 0.2) is 48.5 Å². The first-order chi connectivity index (χ1) is 11.6. The van der Waals surface area contributed by atoms with Gasteiger partial charge in [-0.3, -0.25) is 4.79 Å². The summed E-state index contributed by atoms with van der Waals surface area (Å²) in [5, 5.41) is 0.627. The average molecular weight is 349 g/mol. The zero-order valence-corrected chi connectivity index (χ0v) is 13.9. The second-order valence-electron chi connectivity index (χ2n) is 5.59. The van der Waals surface area contributed by atoms with Crippen molar-refractivity contribution in [2.75, 3.05) is 37.7 Å². The van der Waals surface area contributed by atoms with E-state index in [0.717, 1.165) is 5.69 Å². The molecule has 0 unspecified atom stereocenters. The zero-order chi connectivity index (χ0) is 16.9. The molecule has 0 saturated carbocycles. The van der Waals surface area contributed by atoms with Gasteiger partial charge in [-0.25, -0.2) is 4.39 Å². The monoisotopic (exact) mass is 348 g/mol. The van der Waals surface area contributed by atoms with Crippen LogP contribution in [-0.4, -0.2) is 43.6 Å². The third kappa shape index (κ3) is 4.17. The second-order valence-corrected chi connectivity index (χ2v) is 6.03. The Labute approximate surface area is 145 Å². The van der Waals surface area contributed by atoms with E-state index in [1.807, 2.05) is 6.07 Å². The van der Waals surface area contributed by atoms with E-state index in [9.17, 15) is 9.18 Å². The standard InChI is InChI=1S/C18H18ClFN2O2/c19-14-4-6-17(7-5-14)24-13-18(23)22-10-8-21(9-11-22)16-3-1-2-15(20)12-16/h1-7,12H,8-11,13H2. The highest BCUT2D eigenvalue weighted by Crippen LogP contribution is 2.18. The number of amides is 1. The molecule has 1 fully saturated rings. The van der Waals surface area contributed by atoms with Gasteiger partial charge < -0.3 is 14.5 Å². The maximum absolute atomic E-state index is 13.3. The van der Waals surface area contributed by atoms with Gasteiger partial charge in [-0.15, -0.1) is 0 Å². The molecule has 126 valence electrons. The van der Waals surface area contributed by atoms with E-state index in [1.54, 1.807) is 35.2 Å². The fourth-order valence-corrected chi connectivity index (χ4v) is 2.78. The summed E-state index contributed by atoms with van der Waals surface area (Å²) in [7, 11) is 0. The van der Waals surface area contributed by atoms with Gasteiger partial charge in [0.1, 0.15) is 11.6 Å². The van der Waals surface area contributed by atoms with E-state index in [2.05, 4.69) is 4.90 Å². The summed E-state index contributed by atoms with van der Waals surface area (Å²) >= 11 is 5.81. The molecule has 1 aliphatic heterocycles. The molecule has 0 radical (unpaired) electrons. The lowest BCUT2D eigenvalue weighted by Gasteiger charge is -2.36. The Balaban J connectivity index is 1.49. The van der Waals surface area contributed by atoms with Crippen molar-refractivity contribution < 1.29 is 13.9 Å². The number of nitrogens with zero attached hydrogens (tertiary/aromatic N) is 2. The summed E-state index contributed by atoms with van der Waals surface area (Å²) < 4.78 is 18.8. The lowest BCUT2D eigenvalue weighted by molar-refractivity contribution is -0.133. The minimum Gasteiger partial charge on any atom is -0.484 e. The molecule has 0 atom stereocenters. The normalized spacial score (nSPS) is 14.6. The number of hydrogen-bond donors (Lipinski definition) is 0. The number of benzene rings is 2. The van der Waals surface area contributed by atoms with Crippen LogP contribution in [-0.2, 0) is 4.79 Å². The highest BCUT2D eigenvalue weighted by molar-refractivity contribution is 6.30. The number of halogens is 2. The van der Waals surface area contributed by atoms with Gasteiger partial charge in [0.05, 0.1) is 0 Å². The van der Waals surface area contributed by atoms with Crippen LogP contribution < -0.4 is 9.64 Å². The average Bonchev–Trinajstić information content (AvgIpc) is 2.61. The van der Waals surface area contributed by atoms with Crippen molar-refractivity contribution >= 4 is 23.2 Å². The van der Waals surface area contributed by atoms with Crippen molar-refractivity contribution in [3.05, 3.63) is 59.4 Å². The minimum atomic E-state index is -0.248. The van der Waals surface area contributed by atoms with E-state index >= 15 is 0 Å². The lowest BCUT2D eigenvalue weighted by Crippen LogP contribution is -2.50. The smallest absolute Gasteiger partial charge is 0.260 e. The van der Waals surface area contributed by atoms with Crippen LogP contribution in [0.3, 0.4) is 0 Å². The molecule has 3 rings (SSSR count). The van der Waals surface area contributed by atoms with Crippen molar-refractivity contribution in [3.8, 4) is 5.75 Å². The maximum atomic E-state index is 13.3. The molecule has 2 aromatic rings. The van der Waals surface area contributed by atoms with E-state index in [4.69, 9.17) is 16.3 Å². The molecule has 24 heavy (non-hydrogen) atoms. The number of piperazine rings is 1. The summed E-state index contributed by atoms with van der Waals surface area (Å²) in [6.07, 6.45) is 0. The van der Waals surface area contributed by atoms with Crippen LogP contribution in [0.4, 0.5) is 10.1 Å². The van der Waals surface area contributed by atoms with Crippen molar-refractivity contribution in [1.82, 2.24) is 4.90 Å². The van der Waals surface area contributed by atoms with Crippen molar-refractivity contribution in [2.24, 2.45) is 0 Å². The topological polar surface area (TPSA) is 32.8 Å². The number of carbonyl (C=O) groups excluding carboxylic acids is 1. The number of carbonyl (C=O) groups is 1. The zero-order valence-electron chi connectivity index (χ0n) is 13.1. The van der Waals surface area contributed by atoms with Gasteiger partial charge in [0.15, 0.2) is 6.61 Å². The third-order valence-corrected chi connectivity index (χ3v) is 4.23. The minimum absolute atomic E-state index is 0.00158. The third-order valence-electron chi connectivity index (χ3n) is 3.98. The molecule has 0 spiro atoms. The Morgan fingerprint density at radius 3 is 2.46 bits per heavy atom. The van der Waals surface area contributed by atoms with Crippen molar-refractivity contribution in [2.45, 2.75) is 0 Å². The van der Waals surface area contributed by atoms with Crippen molar-refractivity contribution in [1.29, 1.82) is 0 Å². The molecule has 1 amide bonds. The van der Waals surface area contributed by atoms with Crippen LogP contribution >= 0.6 is 11.6 Å². The molecule has 0 bridgehead atoms. The van der Waals surface area contributed by atoms with Crippen molar-refractivity contribution in [3.63, 3.8) is 0 Å². The van der Waals surface area contributed by atoms with Crippen LogP contribution in [0.25, 0.3) is 0 Å². The molecular weight excluding hydrogens is 331 g/mol. The molecule has 0 aliphatic carbocycles. The largest absolute Gasteiger partial charge is 0.484 e. The fraction of sp³-hybridized carbons (Fsp3) is 0.278. The SMILES string of the molecule is O=C(COc1ccc(Cl)cc1)N1CCN(c2cccc(F)c2)CC1. The first-order valence-electron chi connectivity index (χ1n) is 7.78. The summed E-state index contributed by atoms with van der Waals surface area (Å²) in [6.45, 7) is 2.55. The lowest BCUT2D eigenvalue weighted by atomic mass is 10.2. The Kier molecular flexibility index (Phi) is 5.20. The van der Waals surface area contributed by atoms with Gasteiger partial charge in [-0.2, -0.15) is 0 Å². The van der Waals surface area contributed by atoms with Gasteiger partial charge in [0.25, 0.3) is 5.91 Å². The maximum Gasteiger partial charge on any atom is 0.260 e. The van der Waals surface area contributed by atoms with E-state index in [0.29, 0.717) is 37.0 Å². The number of hydrogen-bond acceptors (Lipinski definition) is 3. The van der Waals surface area contributed by atoms with E-state index < -0.39 is 0 Å². The van der Waals surface area contributed by atoms with Gasteiger partial charge >= 0.3 is 0 Å². The first kappa shape index (κ1) is 16.6. The molecule has 4 nitrogen and oxygen atoms in total. The Morgan fingerprint density at radius 1 is 1.08 bits per heavy atom. The summed E-state index contributed by atoms with van der Waals surface area (Å²) in [6, 6.07) is 13.4. The van der Waals surface area contributed by atoms with Crippen LogP contribution in [0.5, 0.6) is 5.75 Å². The molecule has 0 N–H and O–H groups in total.